The summed E-state index contributed by atoms with van der Waals surface area (Å²) in [6.45, 7) is 0.420. The van der Waals surface area contributed by atoms with Crippen LogP contribution in [0, 0.1) is 0 Å². The molecule has 5 nitrogen and oxygen atoms in total. The number of halogens is 1. The molecular formula is C25H19ClN2O3S. The standard InChI is InChI=1S/C25H19ClN2O3S/c26-20-6-2-1-5-18(20)16-31-19-11-9-17(10-12-19)15-27-25-28-23(21-7-3-13-29-21)24(32-25)22-8-4-14-30-22/h1-15,23-24H,16H2/t23-,24-/m1/s1. The molecule has 1 aliphatic rings. The minimum atomic E-state index is -0.172. The van der Waals surface area contributed by atoms with E-state index in [1.165, 1.54) is 0 Å². The van der Waals surface area contributed by atoms with E-state index in [4.69, 9.17) is 30.2 Å². The molecule has 0 radical (unpaired) electrons. The molecule has 0 N–H and O–H groups in total. The van der Waals surface area contributed by atoms with E-state index in [0.717, 1.165) is 28.4 Å². The van der Waals surface area contributed by atoms with E-state index in [1.807, 2.05) is 72.8 Å². The van der Waals surface area contributed by atoms with E-state index in [1.54, 1.807) is 30.5 Å². The minimum Gasteiger partial charge on any atom is -0.489 e. The second-order valence-corrected chi connectivity index (χ2v) is 8.65. The van der Waals surface area contributed by atoms with Crippen molar-refractivity contribution in [3.05, 3.63) is 113 Å². The van der Waals surface area contributed by atoms with Gasteiger partial charge >= 0.3 is 0 Å². The highest BCUT2D eigenvalue weighted by atomic mass is 35.5. The summed E-state index contributed by atoms with van der Waals surface area (Å²) in [6, 6.07) is 22.9. The Labute approximate surface area is 194 Å². The lowest BCUT2D eigenvalue weighted by Gasteiger charge is -2.11. The predicted octanol–water partition coefficient (Wildman–Crippen LogP) is 7.11. The Bertz CT molecular complexity index is 1220. The van der Waals surface area contributed by atoms with Gasteiger partial charge in [-0.3, -0.25) is 0 Å². The zero-order valence-electron chi connectivity index (χ0n) is 16.9. The fourth-order valence-corrected chi connectivity index (χ4v) is 4.63. The summed E-state index contributed by atoms with van der Waals surface area (Å²) < 4.78 is 17.1. The third kappa shape index (κ3) is 4.66. The number of hydrogen-bond donors (Lipinski definition) is 0. The summed E-state index contributed by atoms with van der Waals surface area (Å²) in [7, 11) is 0. The van der Waals surface area contributed by atoms with Gasteiger partial charge in [-0.25, -0.2) is 9.98 Å². The molecule has 0 spiro atoms. The van der Waals surface area contributed by atoms with Gasteiger partial charge in [0.15, 0.2) is 5.17 Å². The Hall–Kier alpha value is -3.22. The number of furan rings is 2. The van der Waals surface area contributed by atoms with Crippen molar-refractivity contribution in [2.45, 2.75) is 17.9 Å². The number of benzene rings is 2. The van der Waals surface area contributed by atoms with Crippen LogP contribution in [0.4, 0.5) is 0 Å². The van der Waals surface area contributed by atoms with Crippen LogP contribution in [-0.2, 0) is 6.61 Å². The Morgan fingerprint density at radius 2 is 1.69 bits per heavy atom. The zero-order valence-corrected chi connectivity index (χ0v) is 18.5. The maximum atomic E-state index is 6.18. The van der Waals surface area contributed by atoms with Crippen molar-refractivity contribution >= 4 is 34.7 Å². The highest BCUT2D eigenvalue weighted by Crippen LogP contribution is 2.48. The summed E-state index contributed by atoms with van der Waals surface area (Å²) in [6.07, 6.45) is 5.13. The first-order valence-electron chi connectivity index (χ1n) is 10.1. The van der Waals surface area contributed by atoms with Gasteiger partial charge in [-0.15, -0.1) is 0 Å². The molecule has 160 valence electrons. The normalized spacial score (nSPS) is 18.2. The Morgan fingerprint density at radius 1 is 0.938 bits per heavy atom. The lowest BCUT2D eigenvalue weighted by atomic mass is 10.1. The van der Waals surface area contributed by atoms with Crippen LogP contribution in [0.5, 0.6) is 5.75 Å². The van der Waals surface area contributed by atoms with Crippen LogP contribution in [0.1, 0.15) is 33.9 Å². The fourth-order valence-electron chi connectivity index (χ4n) is 3.35. The van der Waals surface area contributed by atoms with Crippen LogP contribution in [0.15, 0.2) is 104 Å². The van der Waals surface area contributed by atoms with Crippen molar-refractivity contribution in [1.82, 2.24) is 0 Å². The molecule has 2 atom stereocenters. The largest absolute Gasteiger partial charge is 0.489 e. The third-order valence-electron chi connectivity index (χ3n) is 4.98. The molecule has 7 heteroatoms. The zero-order chi connectivity index (χ0) is 21.8. The van der Waals surface area contributed by atoms with Gasteiger partial charge in [0.2, 0.25) is 0 Å². The van der Waals surface area contributed by atoms with E-state index >= 15 is 0 Å². The number of thioether (sulfide) groups is 1. The third-order valence-corrected chi connectivity index (χ3v) is 6.52. The first-order valence-corrected chi connectivity index (χ1v) is 11.3. The number of ether oxygens (including phenoxy) is 1. The molecule has 1 aliphatic heterocycles. The van der Waals surface area contributed by atoms with Crippen molar-refractivity contribution in [1.29, 1.82) is 0 Å². The van der Waals surface area contributed by atoms with Gasteiger partial charge < -0.3 is 13.6 Å². The molecule has 2 aromatic carbocycles. The smallest absolute Gasteiger partial charge is 0.184 e. The number of rotatable bonds is 6. The number of aliphatic imine (C=N–C) groups is 2. The molecule has 5 rings (SSSR count). The predicted molar refractivity (Wildman–Crippen MR) is 128 cm³/mol. The van der Waals surface area contributed by atoms with E-state index < -0.39 is 0 Å². The van der Waals surface area contributed by atoms with E-state index in [9.17, 15) is 0 Å². The molecule has 2 aromatic heterocycles. The van der Waals surface area contributed by atoms with Crippen molar-refractivity contribution in [3.63, 3.8) is 0 Å². The number of nitrogens with zero attached hydrogens (tertiary/aromatic N) is 2. The lowest BCUT2D eigenvalue weighted by Crippen LogP contribution is -1.99. The SMILES string of the molecule is Clc1ccccc1COc1ccc(C=NC2=N[C@H](c3ccco3)[C@@H](c3ccco3)S2)cc1. The van der Waals surface area contributed by atoms with E-state index in [-0.39, 0.29) is 11.3 Å². The molecular weight excluding hydrogens is 444 g/mol. The Morgan fingerprint density at radius 3 is 2.41 bits per heavy atom. The van der Waals surface area contributed by atoms with Crippen LogP contribution in [0.2, 0.25) is 5.02 Å². The van der Waals surface area contributed by atoms with Crippen LogP contribution in [0.25, 0.3) is 0 Å². The second kappa shape index (κ2) is 9.51. The molecule has 4 aromatic rings. The van der Waals surface area contributed by atoms with Gasteiger partial charge in [-0.2, -0.15) is 0 Å². The van der Waals surface area contributed by atoms with E-state index in [2.05, 4.69) is 4.99 Å². The molecule has 0 saturated heterocycles. The van der Waals surface area contributed by atoms with Crippen molar-refractivity contribution in [2.75, 3.05) is 0 Å². The Balaban J connectivity index is 1.25. The monoisotopic (exact) mass is 462 g/mol. The molecule has 0 bridgehead atoms. The number of amidine groups is 1. The molecule has 0 saturated carbocycles. The summed E-state index contributed by atoms with van der Waals surface area (Å²) >= 11 is 7.75. The van der Waals surface area contributed by atoms with Gasteiger partial charge in [0, 0.05) is 16.8 Å². The van der Waals surface area contributed by atoms with Crippen LogP contribution in [-0.4, -0.2) is 11.4 Å². The fraction of sp³-hybridized carbons (Fsp3) is 0.120. The molecule has 3 heterocycles. The Kier molecular flexibility index (Phi) is 6.14. The lowest BCUT2D eigenvalue weighted by molar-refractivity contribution is 0.306. The molecule has 0 fully saturated rings. The summed E-state index contributed by atoms with van der Waals surface area (Å²) in [5, 5.41) is 1.38. The van der Waals surface area contributed by atoms with Crippen molar-refractivity contribution in [2.24, 2.45) is 9.98 Å². The number of hydrogen-bond acceptors (Lipinski definition) is 6. The molecule has 0 unspecified atom stereocenters. The highest BCUT2D eigenvalue weighted by Gasteiger charge is 2.36. The van der Waals surface area contributed by atoms with E-state index in [0.29, 0.717) is 16.8 Å². The van der Waals surface area contributed by atoms with Crippen LogP contribution >= 0.6 is 23.4 Å². The summed E-state index contributed by atoms with van der Waals surface area (Å²) in [5.74, 6) is 2.42. The topological polar surface area (TPSA) is 60.2 Å². The van der Waals surface area contributed by atoms with Gasteiger partial charge in [-0.1, -0.05) is 41.6 Å². The van der Waals surface area contributed by atoms with Crippen molar-refractivity contribution < 1.29 is 13.6 Å². The van der Waals surface area contributed by atoms with Gasteiger partial charge in [0.1, 0.15) is 35.2 Å². The first-order chi connectivity index (χ1) is 15.8. The molecule has 0 aliphatic carbocycles. The summed E-state index contributed by atoms with van der Waals surface area (Å²) in [5.41, 5.74) is 1.91. The summed E-state index contributed by atoms with van der Waals surface area (Å²) in [4.78, 5) is 9.36. The highest BCUT2D eigenvalue weighted by molar-refractivity contribution is 8.14. The maximum Gasteiger partial charge on any atom is 0.184 e. The molecule has 0 amide bonds. The minimum absolute atomic E-state index is 0.0103. The van der Waals surface area contributed by atoms with Gasteiger partial charge in [0.05, 0.1) is 12.5 Å². The van der Waals surface area contributed by atoms with Crippen LogP contribution < -0.4 is 4.74 Å². The second-order valence-electron chi connectivity index (χ2n) is 7.13. The maximum absolute atomic E-state index is 6.18. The van der Waals surface area contributed by atoms with Crippen molar-refractivity contribution in [3.8, 4) is 5.75 Å². The average molecular weight is 463 g/mol. The van der Waals surface area contributed by atoms with Gasteiger partial charge in [0.25, 0.3) is 0 Å². The molecule has 32 heavy (non-hydrogen) atoms. The average Bonchev–Trinajstić information content (AvgIpc) is 3.59. The van der Waals surface area contributed by atoms with Crippen LogP contribution in [0.3, 0.4) is 0 Å². The quantitative estimate of drug-likeness (QED) is 0.286. The van der Waals surface area contributed by atoms with Gasteiger partial charge in [-0.05, 0) is 60.2 Å². The first kappa shape index (κ1) is 20.7.